The van der Waals surface area contributed by atoms with E-state index in [9.17, 15) is 4.79 Å². The fraction of sp³-hybridized carbons (Fsp3) is 0.889. The predicted octanol–water partition coefficient (Wildman–Crippen LogP) is 0.197. The van der Waals surface area contributed by atoms with Gasteiger partial charge in [-0.2, -0.15) is 0 Å². The Balaban J connectivity index is 2.20. The van der Waals surface area contributed by atoms with E-state index in [1.165, 1.54) is 0 Å². The van der Waals surface area contributed by atoms with Gasteiger partial charge in [0.25, 0.3) is 0 Å². The third-order valence-electron chi connectivity index (χ3n) is 2.52. The van der Waals surface area contributed by atoms with Gasteiger partial charge < -0.3 is 22.8 Å². The number of rotatable bonds is 9. The normalized spacial score (nSPS) is 24.4. The first kappa shape index (κ1) is 13.8. The summed E-state index contributed by atoms with van der Waals surface area (Å²) in [6.45, 7) is 0.765. The maximum atomic E-state index is 10.5. The van der Waals surface area contributed by atoms with Gasteiger partial charge in [0, 0.05) is 27.4 Å². The largest absolute Gasteiger partial charge is 0.500 e. The van der Waals surface area contributed by atoms with Crippen LogP contribution in [0.1, 0.15) is 6.42 Å². The van der Waals surface area contributed by atoms with Crippen LogP contribution in [0.5, 0.6) is 0 Å². The molecule has 0 saturated carbocycles. The van der Waals surface area contributed by atoms with E-state index in [1.54, 1.807) is 21.3 Å². The lowest BCUT2D eigenvalue weighted by atomic mass is 10.4. The number of epoxide rings is 1. The summed E-state index contributed by atoms with van der Waals surface area (Å²) in [5, 5.41) is 0. The molecule has 0 amide bonds. The molecular weight excluding hydrogens is 232 g/mol. The van der Waals surface area contributed by atoms with Crippen molar-refractivity contribution in [3.63, 3.8) is 0 Å². The number of aldehydes is 1. The Morgan fingerprint density at radius 2 is 1.88 bits per heavy atom. The minimum atomic E-state index is -2.51. The summed E-state index contributed by atoms with van der Waals surface area (Å²) in [6.07, 6.45) is 1.38. The molecule has 1 fully saturated rings. The zero-order valence-corrected chi connectivity index (χ0v) is 10.9. The molecule has 0 spiro atoms. The first-order valence-corrected chi connectivity index (χ1v) is 6.99. The number of ether oxygens (including phenoxy) is 2. The SMILES string of the molecule is CO[Si](CCCOC1(C=O)CO1)(OC)OC. The van der Waals surface area contributed by atoms with Crippen molar-refractivity contribution in [1.29, 1.82) is 0 Å². The quantitative estimate of drug-likeness (QED) is 0.252. The van der Waals surface area contributed by atoms with Gasteiger partial charge in [0.05, 0.1) is 6.61 Å². The van der Waals surface area contributed by atoms with Crippen LogP contribution in [0.25, 0.3) is 0 Å². The van der Waals surface area contributed by atoms with E-state index >= 15 is 0 Å². The van der Waals surface area contributed by atoms with E-state index in [1.807, 2.05) is 0 Å². The maximum Gasteiger partial charge on any atom is 0.500 e. The maximum absolute atomic E-state index is 10.5. The molecule has 1 saturated heterocycles. The molecule has 0 bridgehead atoms. The van der Waals surface area contributed by atoms with Crippen molar-refractivity contribution >= 4 is 15.1 Å². The molecule has 0 aromatic carbocycles. The van der Waals surface area contributed by atoms with Crippen molar-refractivity contribution < 1.29 is 27.5 Å². The van der Waals surface area contributed by atoms with E-state index in [-0.39, 0.29) is 0 Å². The average Bonchev–Trinajstić information content (AvgIpc) is 3.11. The van der Waals surface area contributed by atoms with Crippen molar-refractivity contribution in [2.24, 2.45) is 0 Å². The smallest absolute Gasteiger partial charge is 0.377 e. The Hall–Kier alpha value is -0.313. The highest BCUT2D eigenvalue weighted by Gasteiger charge is 2.46. The topological polar surface area (TPSA) is 66.5 Å². The van der Waals surface area contributed by atoms with Crippen LogP contribution in [-0.2, 0) is 27.5 Å². The average molecular weight is 250 g/mol. The highest BCUT2D eigenvalue weighted by atomic mass is 28.4. The number of carbonyl (C=O) groups is 1. The second-order valence-electron chi connectivity index (χ2n) is 3.47. The standard InChI is InChI=1S/C9H18O6Si/c1-11-16(12-2,13-3)6-4-5-14-9(7-10)8-15-9/h7H,4-6,8H2,1-3H3. The molecular formula is C9H18O6Si. The van der Waals surface area contributed by atoms with Gasteiger partial charge in [-0.05, 0) is 6.42 Å². The number of hydrogen-bond acceptors (Lipinski definition) is 6. The van der Waals surface area contributed by atoms with Crippen LogP contribution in [0, 0.1) is 0 Å². The zero-order chi connectivity index (χ0) is 12.1. The molecule has 94 valence electrons. The van der Waals surface area contributed by atoms with Crippen LogP contribution < -0.4 is 0 Å². The fourth-order valence-corrected chi connectivity index (χ4v) is 3.04. The summed E-state index contributed by atoms with van der Waals surface area (Å²) in [5.74, 6) is -0.975. The summed E-state index contributed by atoms with van der Waals surface area (Å²) < 4.78 is 25.9. The minimum absolute atomic E-state index is 0.345. The molecule has 7 heteroatoms. The zero-order valence-electron chi connectivity index (χ0n) is 9.86. The Bertz CT molecular complexity index is 218. The minimum Gasteiger partial charge on any atom is -0.377 e. The first-order chi connectivity index (χ1) is 7.66. The van der Waals surface area contributed by atoms with Crippen LogP contribution >= 0.6 is 0 Å². The van der Waals surface area contributed by atoms with Gasteiger partial charge in [-0.1, -0.05) is 0 Å². The summed E-state index contributed by atoms with van der Waals surface area (Å²) in [5.41, 5.74) is 0. The molecule has 1 rings (SSSR count). The summed E-state index contributed by atoms with van der Waals surface area (Å²) >= 11 is 0. The lowest BCUT2D eigenvalue weighted by Crippen LogP contribution is -2.42. The van der Waals surface area contributed by atoms with E-state index < -0.39 is 14.6 Å². The van der Waals surface area contributed by atoms with E-state index in [0.717, 1.165) is 0 Å². The highest BCUT2D eigenvalue weighted by Crippen LogP contribution is 2.26. The molecule has 0 N–H and O–H groups in total. The molecule has 1 aliphatic rings. The van der Waals surface area contributed by atoms with Gasteiger partial charge in [-0.15, -0.1) is 0 Å². The second-order valence-corrected chi connectivity index (χ2v) is 6.56. The van der Waals surface area contributed by atoms with Crippen LogP contribution in [0.15, 0.2) is 0 Å². The third kappa shape index (κ3) is 3.34. The second kappa shape index (κ2) is 5.85. The van der Waals surface area contributed by atoms with Crippen LogP contribution in [0.2, 0.25) is 6.04 Å². The van der Waals surface area contributed by atoms with E-state index in [4.69, 9.17) is 22.8 Å². The Kier molecular flexibility index (Phi) is 5.03. The summed E-state index contributed by atoms with van der Waals surface area (Å²) in [4.78, 5) is 10.5. The molecule has 1 heterocycles. The molecule has 16 heavy (non-hydrogen) atoms. The molecule has 1 atom stereocenters. The monoisotopic (exact) mass is 250 g/mol. The Morgan fingerprint density at radius 3 is 2.25 bits per heavy atom. The van der Waals surface area contributed by atoms with Crippen molar-refractivity contribution in [1.82, 2.24) is 0 Å². The third-order valence-corrected chi connectivity index (χ3v) is 5.35. The highest BCUT2D eigenvalue weighted by molar-refractivity contribution is 6.60. The van der Waals surface area contributed by atoms with Gasteiger partial charge in [-0.25, -0.2) is 0 Å². The van der Waals surface area contributed by atoms with Gasteiger partial charge in [0.15, 0.2) is 6.29 Å². The Labute approximate surface area is 96.1 Å². The number of hydrogen-bond donors (Lipinski definition) is 0. The predicted molar refractivity (Wildman–Crippen MR) is 56.9 cm³/mol. The van der Waals surface area contributed by atoms with Crippen molar-refractivity contribution in [3.8, 4) is 0 Å². The van der Waals surface area contributed by atoms with E-state index in [2.05, 4.69) is 0 Å². The van der Waals surface area contributed by atoms with Gasteiger partial charge >= 0.3 is 8.80 Å². The Morgan fingerprint density at radius 1 is 1.31 bits per heavy atom. The van der Waals surface area contributed by atoms with Crippen molar-refractivity contribution in [3.05, 3.63) is 0 Å². The lowest BCUT2D eigenvalue weighted by molar-refractivity contribution is -0.130. The summed E-state index contributed by atoms with van der Waals surface area (Å²) in [6, 6.07) is 0.644. The molecule has 6 nitrogen and oxygen atoms in total. The molecule has 0 aromatic heterocycles. The lowest BCUT2D eigenvalue weighted by Gasteiger charge is -2.24. The van der Waals surface area contributed by atoms with E-state index in [0.29, 0.717) is 32.0 Å². The van der Waals surface area contributed by atoms with Crippen LogP contribution in [0.3, 0.4) is 0 Å². The van der Waals surface area contributed by atoms with Gasteiger partial charge in [0.1, 0.15) is 6.61 Å². The van der Waals surface area contributed by atoms with Crippen LogP contribution in [-0.4, -0.2) is 55.4 Å². The van der Waals surface area contributed by atoms with Gasteiger partial charge in [-0.3, -0.25) is 4.79 Å². The summed E-state index contributed by atoms with van der Waals surface area (Å²) in [7, 11) is 2.19. The first-order valence-electron chi connectivity index (χ1n) is 5.05. The molecule has 1 unspecified atom stereocenters. The molecule has 1 aliphatic heterocycles. The van der Waals surface area contributed by atoms with Crippen molar-refractivity contribution in [2.45, 2.75) is 18.3 Å². The number of carbonyl (C=O) groups excluding carboxylic acids is 1. The molecule has 0 aromatic rings. The molecule has 0 aliphatic carbocycles. The van der Waals surface area contributed by atoms with Crippen LogP contribution in [0.4, 0.5) is 0 Å². The van der Waals surface area contributed by atoms with Gasteiger partial charge in [0.2, 0.25) is 5.79 Å². The fourth-order valence-electron chi connectivity index (χ4n) is 1.35. The van der Waals surface area contributed by atoms with Crippen molar-refractivity contribution in [2.75, 3.05) is 34.5 Å². The molecule has 0 radical (unpaired) electrons.